The van der Waals surface area contributed by atoms with Crippen LogP contribution in [0.15, 0.2) is 81.1 Å². The van der Waals surface area contributed by atoms with Crippen LogP contribution < -0.4 is 5.32 Å². The highest BCUT2D eigenvalue weighted by Crippen LogP contribution is 2.29. The number of aryl methyl sites for hydroxylation is 1. The quantitative estimate of drug-likeness (QED) is 0.554. The molecule has 134 valence electrons. The molecule has 2 heterocycles. The Morgan fingerprint density at radius 1 is 1.04 bits per heavy atom. The minimum absolute atomic E-state index is 0.130. The molecule has 1 aromatic heterocycles. The van der Waals surface area contributed by atoms with E-state index >= 15 is 0 Å². The van der Waals surface area contributed by atoms with E-state index in [1.165, 1.54) is 11.8 Å². The topological polar surface area (TPSA) is 46.4 Å². The van der Waals surface area contributed by atoms with E-state index in [9.17, 15) is 4.79 Å². The highest BCUT2D eigenvalue weighted by Gasteiger charge is 2.24. The molecule has 0 aliphatic carbocycles. The minimum Gasteiger partial charge on any atom is -0.314 e. The zero-order valence-corrected chi connectivity index (χ0v) is 16.9. The van der Waals surface area contributed by atoms with Gasteiger partial charge in [-0.25, -0.2) is 4.99 Å². The van der Waals surface area contributed by atoms with Crippen LogP contribution in [0.4, 0.5) is 5.69 Å². The first-order valence-corrected chi connectivity index (χ1v) is 10.00. The lowest BCUT2D eigenvalue weighted by atomic mass is 10.3. The molecule has 0 unspecified atom stereocenters. The Balaban J connectivity index is 1.64. The number of nitrogens with one attached hydrogen (secondary N) is 1. The number of amides is 1. The molecular formula is C21H16BrN3OS. The molecule has 0 atom stereocenters. The molecule has 1 aliphatic rings. The minimum atomic E-state index is -0.130. The van der Waals surface area contributed by atoms with Crippen molar-refractivity contribution in [2.24, 2.45) is 4.99 Å². The maximum atomic E-state index is 12.4. The molecule has 4 nitrogen and oxygen atoms in total. The summed E-state index contributed by atoms with van der Waals surface area (Å²) >= 11 is 4.76. The third-order valence-corrected chi connectivity index (χ3v) is 5.55. The summed E-state index contributed by atoms with van der Waals surface area (Å²) in [5, 5.41) is 3.42. The Kier molecular flexibility index (Phi) is 5.01. The summed E-state index contributed by atoms with van der Waals surface area (Å²) in [6, 6.07) is 21.8. The third kappa shape index (κ3) is 3.91. The van der Waals surface area contributed by atoms with Gasteiger partial charge in [0.05, 0.1) is 10.6 Å². The van der Waals surface area contributed by atoms with Crippen LogP contribution >= 0.6 is 27.7 Å². The van der Waals surface area contributed by atoms with Gasteiger partial charge in [-0.1, -0.05) is 34.1 Å². The maximum absolute atomic E-state index is 12.4. The predicted octanol–water partition coefficient (Wildman–Crippen LogP) is 5.44. The molecule has 6 heteroatoms. The van der Waals surface area contributed by atoms with Gasteiger partial charge in [-0.2, -0.15) is 0 Å². The van der Waals surface area contributed by atoms with Crippen LogP contribution in [0, 0.1) is 6.92 Å². The van der Waals surface area contributed by atoms with Crippen LogP contribution in [-0.4, -0.2) is 15.6 Å². The number of aliphatic imine (C=N–C) groups is 1. The van der Waals surface area contributed by atoms with E-state index in [2.05, 4.69) is 49.9 Å². The van der Waals surface area contributed by atoms with Gasteiger partial charge in [0.2, 0.25) is 0 Å². The lowest BCUT2D eigenvalue weighted by molar-refractivity contribution is -0.115. The van der Waals surface area contributed by atoms with Gasteiger partial charge in [-0.05, 0) is 73.3 Å². The summed E-state index contributed by atoms with van der Waals surface area (Å²) in [4.78, 5) is 17.5. The maximum Gasteiger partial charge on any atom is 0.264 e. The highest BCUT2D eigenvalue weighted by atomic mass is 79.9. The van der Waals surface area contributed by atoms with Crippen LogP contribution in [-0.2, 0) is 4.79 Å². The monoisotopic (exact) mass is 437 g/mol. The number of amidine groups is 1. The zero-order valence-electron chi connectivity index (χ0n) is 14.5. The molecular weight excluding hydrogens is 422 g/mol. The van der Waals surface area contributed by atoms with Gasteiger partial charge in [-0.15, -0.1) is 0 Å². The third-order valence-electron chi connectivity index (χ3n) is 4.11. The number of nitrogens with zero attached hydrogens (tertiary/aromatic N) is 2. The van der Waals surface area contributed by atoms with Crippen molar-refractivity contribution in [1.29, 1.82) is 0 Å². The van der Waals surface area contributed by atoms with Crippen LogP contribution in [0.1, 0.15) is 11.4 Å². The fourth-order valence-corrected chi connectivity index (χ4v) is 3.94. The van der Waals surface area contributed by atoms with Gasteiger partial charge in [0.15, 0.2) is 5.17 Å². The molecule has 1 amide bonds. The number of hydrogen-bond acceptors (Lipinski definition) is 3. The second kappa shape index (κ2) is 7.58. The number of halogens is 1. The summed E-state index contributed by atoms with van der Waals surface area (Å²) in [7, 11) is 0. The van der Waals surface area contributed by atoms with Crippen LogP contribution in [0.5, 0.6) is 0 Å². The van der Waals surface area contributed by atoms with Crippen molar-refractivity contribution in [3.05, 3.63) is 87.5 Å². The van der Waals surface area contributed by atoms with Crippen molar-refractivity contribution in [3.63, 3.8) is 0 Å². The predicted molar refractivity (Wildman–Crippen MR) is 115 cm³/mol. The average Bonchev–Trinajstić information content (AvgIpc) is 3.20. The second-order valence-corrected chi connectivity index (χ2v) is 7.98. The normalized spacial score (nSPS) is 16.9. The van der Waals surface area contributed by atoms with Crippen LogP contribution in [0.3, 0.4) is 0 Å². The summed E-state index contributed by atoms with van der Waals surface area (Å²) in [5.41, 5.74) is 3.94. The number of thioether (sulfide) groups is 1. The number of benzene rings is 2. The summed E-state index contributed by atoms with van der Waals surface area (Å²) in [6.45, 7) is 2.05. The Morgan fingerprint density at radius 3 is 2.52 bits per heavy atom. The van der Waals surface area contributed by atoms with Gasteiger partial charge in [0.1, 0.15) is 0 Å². The number of carbonyl (C=O) groups excluding carboxylic acids is 1. The van der Waals surface area contributed by atoms with Gasteiger partial charge >= 0.3 is 0 Å². The first kappa shape index (κ1) is 17.8. The molecule has 0 spiro atoms. The van der Waals surface area contributed by atoms with Crippen LogP contribution in [0.25, 0.3) is 11.8 Å². The van der Waals surface area contributed by atoms with Crippen molar-refractivity contribution >= 4 is 50.5 Å². The van der Waals surface area contributed by atoms with E-state index in [-0.39, 0.29) is 5.91 Å². The molecule has 3 aromatic rings. The molecule has 2 aromatic carbocycles. The smallest absolute Gasteiger partial charge is 0.264 e. The first-order valence-electron chi connectivity index (χ1n) is 8.39. The van der Waals surface area contributed by atoms with E-state index in [4.69, 9.17) is 0 Å². The summed E-state index contributed by atoms with van der Waals surface area (Å²) in [6.07, 6.45) is 1.91. The second-order valence-electron chi connectivity index (χ2n) is 6.03. The van der Waals surface area contributed by atoms with E-state index in [1.807, 2.05) is 60.7 Å². The van der Waals surface area contributed by atoms with Gasteiger partial charge < -0.3 is 9.88 Å². The molecule has 1 saturated heterocycles. The highest BCUT2D eigenvalue weighted by molar-refractivity contribution is 9.10. The standard InChI is InChI=1S/C21H16BrN3OS/c1-14-7-12-18(25(14)17-5-3-2-4-6-17)13-19-20(26)24-21(27-19)23-16-10-8-15(22)9-11-16/h2-13H,1H3,(H,23,24,26)/b19-13-. The van der Waals surface area contributed by atoms with E-state index in [0.29, 0.717) is 10.1 Å². The summed E-state index contributed by atoms with van der Waals surface area (Å²) < 4.78 is 3.12. The number of para-hydroxylation sites is 1. The molecule has 1 aliphatic heterocycles. The Morgan fingerprint density at radius 2 is 1.78 bits per heavy atom. The molecule has 0 radical (unpaired) electrons. The molecule has 1 N–H and O–H groups in total. The van der Waals surface area contributed by atoms with Gasteiger partial charge in [0, 0.05) is 21.5 Å². The fourth-order valence-electron chi connectivity index (χ4n) is 2.85. The van der Waals surface area contributed by atoms with Crippen molar-refractivity contribution in [1.82, 2.24) is 9.88 Å². The lowest BCUT2D eigenvalue weighted by Gasteiger charge is -2.09. The van der Waals surface area contributed by atoms with Crippen LogP contribution in [0.2, 0.25) is 0 Å². The number of hydrogen-bond donors (Lipinski definition) is 1. The average molecular weight is 438 g/mol. The molecule has 1 fully saturated rings. The first-order chi connectivity index (χ1) is 13.1. The van der Waals surface area contributed by atoms with E-state index in [1.54, 1.807) is 0 Å². The Labute approximate surface area is 170 Å². The van der Waals surface area contributed by atoms with Gasteiger partial charge in [-0.3, -0.25) is 4.79 Å². The SMILES string of the molecule is Cc1ccc(/C=C2\SC(=Nc3ccc(Br)cc3)NC2=O)n1-c1ccccc1. The molecule has 27 heavy (non-hydrogen) atoms. The number of carbonyl (C=O) groups is 1. The molecule has 0 bridgehead atoms. The van der Waals surface area contributed by atoms with Crippen molar-refractivity contribution in [2.75, 3.05) is 0 Å². The van der Waals surface area contributed by atoms with E-state index < -0.39 is 0 Å². The van der Waals surface area contributed by atoms with Crippen molar-refractivity contribution in [3.8, 4) is 5.69 Å². The lowest BCUT2D eigenvalue weighted by Crippen LogP contribution is -2.19. The molecule has 0 saturated carbocycles. The van der Waals surface area contributed by atoms with Crippen molar-refractivity contribution in [2.45, 2.75) is 6.92 Å². The Bertz CT molecular complexity index is 1050. The number of aromatic nitrogens is 1. The fraction of sp³-hybridized carbons (Fsp3) is 0.0476. The van der Waals surface area contributed by atoms with E-state index in [0.717, 1.165) is 27.2 Å². The number of rotatable bonds is 3. The zero-order chi connectivity index (χ0) is 18.8. The van der Waals surface area contributed by atoms with Gasteiger partial charge in [0.25, 0.3) is 5.91 Å². The molecule has 4 rings (SSSR count). The largest absolute Gasteiger partial charge is 0.314 e. The Hall–Kier alpha value is -2.57. The summed E-state index contributed by atoms with van der Waals surface area (Å²) in [5.74, 6) is -0.130. The van der Waals surface area contributed by atoms with Crippen molar-refractivity contribution < 1.29 is 4.79 Å².